The fourth-order valence-corrected chi connectivity index (χ4v) is 3.37. The van der Waals surface area contributed by atoms with E-state index in [0.29, 0.717) is 33.7 Å². The Morgan fingerprint density at radius 2 is 1.80 bits per heavy atom. The predicted octanol–water partition coefficient (Wildman–Crippen LogP) is 6.72. The van der Waals surface area contributed by atoms with Gasteiger partial charge in [0.1, 0.15) is 24.0 Å². The monoisotopic (exact) mass is 548 g/mol. The molecule has 0 spiro atoms. The van der Waals surface area contributed by atoms with Crippen molar-refractivity contribution in [2.24, 2.45) is 0 Å². The van der Waals surface area contributed by atoms with E-state index >= 15 is 0 Å². The van der Waals surface area contributed by atoms with Crippen LogP contribution < -0.4 is 10.1 Å². The molecule has 0 saturated heterocycles. The minimum Gasteiger partial charge on any atom is -0.489 e. The van der Waals surface area contributed by atoms with Gasteiger partial charge in [-0.15, -0.1) is 0 Å². The van der Waals surface area contributed by atoms with E-state index in [-0.39, 0.29) is 5.57 Å². The van der Waals surface area contributed by atoms with Crippen LogP contribution in [0.1, 0.15) is 11.1 Å². The lowest BCUT2D eigenvalue weighted by atomic mass is 10.1. The number of ether oxygens (including phenoxy) is 1. The van der Waals surface area contributed by atoms with Crippen LogP contribution >= 0.6 is 45.8 Å². The number of carbonyl (C=O) groups is 1. The van der Waals surface area contributed by atoms with Crippen LogP contribution in [0, 0.1) is 14.9 Å². The smallest absolute Gasteiger partial charge is 0.266 e. The molecule has 0 heterocycles. The summed E-state index contributed by atoms with van der Waals surface area (Å²) in [4.78, 5) is 12.4. The molecule has 0 fully saturated rings. The Balaban J connectivity index is 1.66. The summed E-state index contributed by atoms with van der Waals surface area (Å²) in [5, 5.41) is 13.1. The standard InChI is InChI=1S/C23H15Cl2IN2O2/c24-19-10-7-16(12-20(19)25)14-30-18-8-5-15(6-9-18)11-17(13-27)23(29)28-22-4-2-1-3-21(22)26/h1-12H,14H2,(H,28,29). The zero-order valence-corrected chi connectivity index (χ0v) is 19.2. The van der Waals surface area contributed by atoms with E-state index in [1.807, 2.05) is 30.3 Å². The molecule has 150 valence electrons. The maximum Gasteiger partial charge on any atom is 0.266 e. The molecule has 1 N–H and O–H groups in total. The zero-order chi connectivity index (χ0) is 21.5. The molecule has 7 heteroatoms. The average Bonchev–Trinajstić information content (AvgIpc) is 2.75. The molecular weight excluding hydrogens is 534 g/mol. The maximum atomic E-state index is 12.4. The Kier molecular flexibility index (Phi) is 7.75. The van der Waals surface area contributed by atoms with Crippen LogP contribution in [0.15, 0.2) is 72.3 Å². The summed E-state index contributed by atoms with van der Waals surface area (Å²) in [5.41, 5.74) is 2.29. The second-order valence-corrected chi connectivity index (χ2v) is 8.19. The molecule has 0 unspecified atom stereocenters. The van der Waals surface area contributed by atoms with E-state index in [1.165, 1.54) is 6.08 Å². The first-order chi connectivity index (χ1) is 14.5. The number of amides is 1. The lowest BCUT2D eigenvalue weighted by molar-refractivity contribution is -0.112. The minimum absolute atomic E-state index is 0.0131. The highest BCUT2D eigenvalue weighted by Crippen LogP contribution is 2.24. The van der Waals surface area contributed by atoms with Gasteiger partial charge < -0.3 is 10.1 Å². The Hall–Kier alpha value is -2.53. The molecule has 0 saturated carbocycles. The first-order valence-corrected chi connectivity index (χ1v) is 10.6. The fraction of sp³-hybridized carbons (Fsp3) is 0.0435. The number of para-hydroxylation sites is 1. The van der Waals surface area contributed by atoms with Gasteiger partial charge in [0.25, 0.3) is 5.91 Å². The summed E-state index contributed by atoms with van der Waals surface area (Å²) < 4.78 is 6.64. The van der Waals surface area contributed by atoms with Gasteiger partial charge in [0, 0.05) is 3.57 Å². The molecule has 3 aromatic rings. The molecule has 3 rings (SSSR count). The van der Waals surface area contributed by atoms with Crippen LogP contribution in [0.5, 0.6) is 5.75 Å². The summed E-state index contributed by atoms with van der Waals surface area (Å²) in [6.45, 7) is 0.341. The number of rotatable bonds is 6. The van der Waals surface area contributed by atoms with Crippen molar-refractivity contribution in [3.05, 3.63) is 97.0 Å². The summed E-state index contributed by atoms with van der Waals surface area (Å²) in [6.07, 6.45) is 1.54. The summed E-state index contributed by atoms with van der Waals surface area (Å²) in [5.74, 6) is 0.196. The van der Waals surface area contributed by atoms with Crippen molar-refractivity contribution < 1.29 is 9.53 Å². The molecule has 0 radical (unpaired) electrons. The highest BCUT2D eigenvalue weighted by atomic mass is 127. The molecule has 0 aromatic heterocycles. The SMILES string of the molecule is N#CC(=Cc1ccc(OCc2ccc(Cl)c(Cl)c2)cc1)C(=O)Nc1ccccc1I. The molecular formula is C23H15Cl2IN2O2. The highest BCUT2D eigenvalue weighted by molar-refractivity contribution is 14.1. The number of benzene rings is 3. The third kappa shape index (κ3) is 5.99. The van der Waals surface area contributed by atoms with Gasteiger partial charge in [-0.25, -0.2) is 0 Å². The number of carbonyl (C=O) groups excluding carboxylic acids is 1. The average molecular weight is 549 g/mol. The van der Waals surface area contributed by atoms with Gasteiger partial charge in [0.2, 0.25) is 0 Å². The van der Waals surface area contributed by atoms with Gasteiger partial charge in [-0.2, -0.15) is 5.26 Å². The Morgan fingerprint density at radius 1 is 1.07 bits per heavy atom. The first-order valence-electron chi connectivity index (χ1n) is 8.81. The number of hydrogen-bond acceptors (Lipinski definition) is 3. The van der Waals surface area contributed by atoms with E-state index in [1.54, 1.807) is 42.5 Å². The van der Waals surface area contributed by atoms with E-state index in [0.717, 1.165) is 9.13 Å². The highest BCUT2D eigenvalue weighted by Gasteiger charge is 2.11. The van der Waals surface area contributed by atoms with Gasteiger partial charge in [-0.05, 0) is 76.2 Å². The van der Waals surface area contributed by atoms with Crippen molar-refractivity contribution in [2.75, 3.05) is 5.32 Å². The van der Waals surface area contributed by atoms with Crippen molar-refractivity contribution in [3.63, 3.8) is 0 Å². The third-order valence-electron chi connectivity index (χ3n) is 4.07. The van der Waals surface area contributed by atoms with E-state index in [9.17, 15) is 10.1 Å². The first kappa shape index (κ1) is 22.2. The summed E-state index contributed by atoms with van der Waals surface area (Å²) in [6, 6.07) is 21.8. The number of hydrogen-bond donors (Lipinski definition) is 1. The Labute approximate surface area is 198 Å². The van der Waals surface area contributed by atoms with Crippen molar-refractivity contribution >= 4 is 63.5 Å². The number of nitrogens with zero attached hydrogens (tertiary/aromatic N) is 1. The second-order valence-electron chi connectivity index (χ2n) is 6.21. The topological polar surface area (TPSA) is 62.1 Å². The molecule has 1 amide bonds. The Morgan fingerprint density at radius 3 is 2.47 bits per heavy atom. The Bertz CT molecular complexity index is 1140. The van der Waals surface area contributed by atoms with Crippen LogP contribution in [0.4, 0.5) is 5.69 Å². The van der Waals surface area contributed by atoms with Crippen LogP contribution in [-0.4, -0.2) is 5.91 Å². The number of anilines is 1. The van der Waals surface area contributed by atoms with E-state index in [4.69, 9.17) is 27.9 Å². The zero-order valence-electron chi connectivity index (χ0n) is 15.5. The maximum absolute atomic E-state index is 12.4. The van der Waals surface area contributed by atoms with Crippen molar-refractivity contribution in [3.8, 4) is 11.8 Å². The van der Waals surface area contributed by atoms with Crippen LogP contribution in [-0.2, 0) is 11.4 Å². The molecule has 0 aliphatic rings. The van der Waals surface area contributed by atoms with Gasteiger partial charge in [-0.3, -0.25) is 4.79 Å². The fourth-order valence-electron chi connectivity index (χ4n) is 2.52. The molecule has 0 aliphatic heterocycles. The molecule has 3 aromatic carbocycles. The minimum atomic E-state index is -0.457. The molecule has 0 aliphatic carbocycles. The van der Waals surface area contributed by atoms with Gasteiger partial charge >= 0.3 is 0 Å². The molecule has 0 bridgehead atoms. The quantitative estimate of drug-likeness (QED) is 0.211. The van der Waals surface area contributed by atoms with E-state index in [2.05, 4.69) is 27.9 Å². The summed E-state index contributed by atoms with van der Waals surface area (Å²) in [7, 11) is 0. The predicted molar refractivity (Wildman–Crippen MR) is 129 cm³/mol. The largest absolute Gasteiger partial charge is 0.489 e. The lowest BCUT2D eigenvalue weighted by Crippen LogP contribution is -2.14. The number of nitrogens with one attached hydrogen (secondary N) is 1. The number of nitriles is 1. The molecule has 30 heavy (non-hydrogen) atoms. The third-order valence-corrected chi connectivity index (χ3v) is 5.75. The molecule has 4 nitrogen and oxygen atoms in total. The van der Waals surface area contributed by atoms with Crippen molar-refractivity contribution in [1.82, 2.24) is 0 Å². The van der Waals surface area contributed by atoms with Crippen LogP contribution in [0.3, 0.4) is 0 Å². The van der Waals surface area contributed by atoms with Crippen LogP contribution in [0.25, 0.3) is 6.08 Å². The van der Waals surface area contributed by atoms with E-state index < -0.39 is 5.91 Å². The lowest BCUT2D eigenvalue weighted by Gasteiger charge is -2.08. The van der Waals surface area contributed by atoms with Crippen LogP contribution in [0.2, 0.25) is 10.0 Å². The number of halogens is 3. The van der Waals surface area contributed by atoms with Gasteiger partial charge in [0.15, 0.2) is 0 Å². The van der Waals surface area contributed by atoms with Gasteiger partial charge in [0.05, 0.1) is 15.7 Å². The molecule has 0 atom stereocenters. The van der Waals surface area contributed by atoms with Crippen molar-refractivity contribution in [1.29, 1.82) is 5.26 Å². The van der Waals surface area contributed by atoms with Gasteiger partial charge in [-0.1, -0.05) is 53.5 Å². The normalized spacial score (nSPS) is 10.9. The summed E-state index contributed by atoms with van der Waals surface area (Å²) >= 11 is 14.1. The second kappa shape index (κ2) is 10.5. The van der Waals surface area contributed by atoms with Crippen molar-refractivity contribution in [2.45, 2.75) is 6.61 Å².